The van der Waals surface area contributed by atoms with Gasteiger partial charge in [-0.25, -0.2) is 0 Å². The summed E-state index contributed by atoms with van der Waals surface area (Å²) in [6.07, 6.45) is 4.14. The predicted octanol–water partition coefficient (Wildman–Crippen LogP) is 4.42. The van der Waals surface area contributed by atoms with Gasteiger partial charge in [0.05, 0.1) is 6.61 Å². The van der Waals surface area contributed by atoms with Crippen molar-refractivity contribution in [3.63, 3.8) is 0 Å². The summed E-state index contributed by atoms with van der Waals surface area (Å²) in [6.45, 7) is 8.92. The van der Waals surface area contributed by atoms with E-state index < -0.39 is 0 Å². The number of hydrogen-bond acceptors (Lipinski definition) is 2. The van der Waals surface area contributed by atoms with Crippen LogP contribution in [0.4, 0.5) is 0 Å². The van der Waals surface area contributed by atoms with Crippen molar-refractivity contribution in [2.75, 3.05) is 6.61 Å². The van der Waals surface area contributed by atoms with E-state index in [4.69, 9.17) is 22.1 Å². The molecule has 0 fully saturated rings. The van der Waals surface area contributed by atoms with Gasteiger partial charge in [-0.3, -0.25) is 0 Å². The predicted molar refractivity (Wildman–Crippen MR) is 83.3 cm³/mol. The first-order valence-electron chi connectivity index (χ1n) is 7.18. The van der Waals surface area contributed by atoms with Gasteiger partial charge in [0.25, 0.3) is 0 Å². The fraction of sp³-hybridized carbons (Fsp3) is 0.625. The van der Waals surface area contributed by atoms with Crippen LogP contribution in [0.15, 0.2) is 6.07 Å². The molecule has 1 rings (SSSR count). The van der Waals surface area contributed by atoms with Gasteiger partial charge in [0.15, 0.2) is 0 Å². The van der Waals surface area contributed by atoms with Crippen molar-refractivity contribution < 1.29 is 4.74 Å². The summed E-state index contributed by atoms with van der Waals surface area (Å²) in [6, 6.07) is 2.35. The van der Waals surface area contributed by atoms with Crippen molar-refractivity contribution in [2.45, 2.75) is 59.4 Å². The molecule has 0 bridgehead atoms. The standard InChI is InChI=1S/C16H26ClNO/c1-5-13(18)8-7-9-14-12(4)16(17)11(3)10-15(14)19-6-2/h10,13H,5-9,18H2,1-4H3. The Morgan fingerprint density at radius 1 is 1.32 bits per heavy atom. The molecule has 0 heterocycles. The maximum atomic E-state index is 6.34. The van der Waals surface area contributed by atoms with E-state index in [1.807, 2.05) is 19.9 Å². The number of ether oxygens (including phenoxy) is 1. The van der Waals surface area contributed by atoms with Crippen molar-refractivity contribution >= 4 is 11.6 Å². The smallest absolute Gasteiger partial charge is 0.123 e. The van der Waals surface area contributed by atoms with Crippen molar-refractivity contribution in [2.24, 2.45) is 5.73 Å². The highest BCUT2D eigenvalue weighted by molar-refractivity contribution is 6.32. The first-order chi connectivity index (χ1) is 9.01. The third-order valence-electron chi connectivity index (χ3n) is 3.60. The average molecular weight is 284 g/mol. The summed E-state index contributed by atoms with van der Waals surface area (Å²) in [5.74, 6) is 0.979. The lowest BCUT2D eigenvalue weighted by molar-refractivity contribution is 0.335. The molecule has 1 unspecified atom stereocenters. The van der Waals surface area contributed by atoms with E-state index in [2.05, 4.69) is 13.8 Å². The monoisotopic (exact) mass is 283 g/mol. The molecular formula is C16H26ClNO. The second-order valence-corrected chi connectivity index (χ2v) is 5.48. The molecule has 0 aliphatic rings. The molecule has 0 aliphatic heterocycles. The maximum absolute atomic E-state index is 6.34. The second kappa shape index (κ2) is 7.76. The summed E-state index contributed by atoms with van der Waals surface area (Å²) in [5, 5.41) is 0.859. The number of halogens is 1. The van der Waals surface area contributed by atoms with E-state index in [1.165, 1.54) is 5.56 Å². The van der Waals surface area contributed by atoms with Gasteiger partial charge in [-0.2, -0.15) is 0 Å². The molecule has 0 amide bonds. The molecule has 0 spiro atoms. The number of aryl methyl sites for hydroxylation is 1. The zero-order valence-electron chi connectivity index (χ0n) is 12.6. The lowest BCUT2D eigenvalue weighted by atomic mass is 9.97. The largest absolute Gasteiger partial charge is 0.494 e. The highest BCUT2D eigenvalue weighted by Gasteiger charge is 2.13. The van der Waals surface area contributed by atoms with Gasteiger partial charge >= 0.3 is 0 Å². The Balaban J connectivity index is 2.87. The summed E-state index contributed by atoms with van der Waals surface area (Å²) in [4.78, 5) is 0. The Morgan fingerprint density at radius 2 is 2.00 bits per heavy atom. The minimum absolute atomic E-state index is 0.303. The lowest BCUT2D eigenvalue weighted by Gasteiger charge is -2.17. The second-order valence-electron chi connectivity index (χ2n) is 5.10. The quantitative estimate of drug-likeness (QED) is 0.804. The first kappa shape index (κ1) is 16.3. The van der Waals surface area contributed by atoms with Gasteiger partial charge in [0, 0.05) is 11.1 Å². The molecule has 0 saturated carbocycles. The van der Waals surface area contributed by atoms with Crippen LogP contribution in [0.5, 0.6) is 5.75 Å². The van der Waals surface area contributed by atoms with Crippen LogP contribution in [0.2, 0.25) is 5.02 Å². The van der Waals surface area contributed by atoms with Crippen molar-refractivity contribution in [1.29, 1.82) is 0 Å². The van der Waals surface area contributed by atoms with E-state index in [0.717, 1.165) is 47.6 Å². The summed E-state index contributed by atoms with van der Waals surface area (Å²) < 4.78 is 5.75. The Hall–Kier alpha value is -0.730. The normalized spacial score (nSPS) is 12.5. The molecule has 0 aliphatic carbocycles. The van der Waals surface area contributed by atoms with E-state index >= 15 is 0 Å². The zero-order valence-corrected chi connectivity index (χ0v) is 13.3. The average Bonchev–Trinajstić information content (AvgIpc) is 2.39. The fourth-order valence-electron chi connectivity index (χ4n) is 2.30. The molecule has 1 aromatic rings. The molecule has 0 aromatic heterocycles. The third-order valence-corrected chi connectivity index (χ3v) is 4.18. The molecule has 1 aromatic carbocycles. The van der Waals surface area contributed by atoms with Crippen LogP contribution in [0, 0.1) is 13.8 Å². The van der Waals surface area contributed by atoms with Gasteiger partial charge < -0.3 is 10.5 Å². The topological polar surface area (TPSA) is 35.2 Å². The SMILES string of the molecule is CCOc1cc(C)c(Cl)c(C)c1CCCC(N)CC. The minimum Gasteiger partial charge on any atom is -0.494 e. The van der Waals surface area contributed by atoms with Crippen molar-refractivity contribution in [3.05, 3.63) is 27.8 Å². The highest BCUT2D eigenvalue weighted by atomic mass is 35.5. The van der Waals surface area contributed by atoms with Gasteiger partial charge in [0.2, 0.25) is 0 Å². The Kier molecular flexibility index (Phi) is 6.67. The molecule has 1 atom stereocenters. The summed E-state index contributed by atoms with van der Waals surface area (Å²) >= 11 is 6.34. The summed E-state index contributed by atoms with van der Waals surface area (Å²) in [5.41, 5.74) is 9.43. The molecule has 0 radical (unpaired) electrons. The van der Waals surface area contributed by atoms with Crippen LogP contribution in [-0.4, -0.2) is 12.6 Å². The van der Waals surface area contributed by atoms with Crippen molar-refractivity contribution in [1.82, 2.24) is 0 Å². The van der Waals surface area contributed by atoms with Crippen LogP contribution in [0.1, 0.15) is 49.8 Å². The first-order valence-corrected chi connectivity index (χ1v) is 7.55. The van der Waals surface area contributed by atoms with E-state index in [0.29, 0.717) is 12.6 Å². The number of hydrogen-bond donors (Lipinski definition) is 1. The van der Waals surface area contributed by atoms with Gasteiger partial charge in [-0.05, 0) is 69.2 Å². The number of rotatable bonds is 7. The van der Waals surface area contributed by atoms with Gasteiger partial charge in [-0.1, -0.05) is 18.5 Å². The number of nitrogens with two attached hydrogens (primary N) is 1. The lowest BCUT2D eigenvalue weighted by Crippen LogP contribution is -2.18. The summed E-state index contributed by atoms with van der Waals surface area (Å²) in [7, 11) is 0. The van der Waals surface area contributed by atoms with E-state index in [1.54, 1.807) is 0 Å². The van der Waals surface area contributed by atoms with Crippen LogP contribution >= 0.6 is 11.6 Å². The molecule has 19 heavy (non-hydrogen) atoms. The van der Waals surface area contributed by atoms with E-state index in [-0.39, 0.29) is 0 Å². The molecule has 108 valence electrons. The Bertz CT molecular complexity index is 418. The maximum Gasteiger partial charge on any atom is 0.123 e. The zero-order chi connectivity index (χ0) is 14.4. The van der Waals surface area contributed by atoms with Crippen LogP contribution < -0.4 is 10.5 Å². The molecular weight excluding hydrogens is 258 g/mol. The fourth-order valence-corrected chi connectivity index (χ4v) is 2.47. The van der Waals surface area contributed by atoms with Crippen molar-refractivity contribution in [3.8, 4) is 5.75 Å². The molecule has 3 heteroatoms. The molecule has 0 saturated heterocycles. The van der Waals surface area contributed by atoms with E-state index in [9.17, 15) is 0 Å². The highest BCUT2D eigenvalue weighted by Crippen LogP contribution is 2.32. The molecule has 2 N–H and O–H groups in total. The number of benzene rings is 1. The van der Waals surface area contributed by atoms with Crippen LogP contribution in [0.25, 0.3) is 0 Å². The van der Waals surface area contributed by atoms with Crippen LogP contribution in [-0.2, 0) is 6.42 Å². The Morgan fingerprint density at radius 3 is 2.58 bits per heavy atom. The minimum atomic E-state index is 0.303. The third kappa shape index (κ3) is 4.39. The van der Waals surface area contributed by atoms with Gasteiger partial charge in [0.1, 0.15) is 5.75 Å². The molecule has 2 nitrogen and oxygen atoms in total. The van der Waals surface area contributed by atoms with Crippen LogP contribution in [0.3, 0.4) is 0 Å². The Labute approximate surface area is 122 Å². The van der Waals surface area contributed by atoms with Gasteiger partial charge in [-0.15, -0.1) is 0 Å².